The molecule has 4 heteroatoms. The van der Waals surface area contributed by atoms with Gasteiger partial charge in [-0.1, -0.05) is 39.2 Å². The summed E-state index contributed by atoms with van der Waals surface area (Å²) in [5.41, 5.74) is 0. The molecular weight excluding hydrogens is 282 g/mol. The van der Waals surface area contributed by atoms with Gasteiger partial charge in [0.1, 0.15) is 0 Å². The van der Waals surface area contributed by atoms with E-state index >= 15 is 0 Å². The summed E-state index contributed by atoms with van der Waals surface area (Å²) in [6.07, 6.45) is 5.54. The van der Waals surface area contributed by atoms with Gasteiger partial charge in [-0.2, -0.15) is 0 Å². The van der Waals surface area contributed by atoms with Gasteiger partial charge in [-0.15, -0.1) is 11.3 Å². The first-order valence-corrected chi connectivity index (χ1v) is 9.13. The molecule has 0 amide bonds. The maximum absolute atomic E-state index is 9.88. The highest BCUT2D eigenvalue weighted by molar-refractivity contribution is 7.09. The second-order valence-corrected chi connectivity index (χ2v) is 6.67. The number of hydrogen-bond donors (Lipinski definition) is 2. The molecule has 1 aromatic heterocycles. The fourth-order valence-corrected chi connectivity index (χ4v) is 2.97. The van der Waals surface area contributed by atoms with Gasteiger partial charge >= 0.3 is 0 Å². The molecule has 3 nitrogen and oxygen atoms in total. The van der Waals surface area contributed by atoms with Gasteiger partial charge in [0.2, 0.25) is 0 Å². The maximum atomic E-state index is 9.88. The minimum Gasteiger partial charge on any atom is -0.389 e. The van der Waals surface area contributed by atoms with Gasteiger partial charge in [0.15, 0.2) is 0 Å². The van der Waals surface area contributed by atoms with E-state index in [9.17, 15) is 5.11 Å². The van der Waals surface area contributed by atoms with Gasteiger partial charge in [-0.05, 0) is 30.2 Å². The zero-order chi connectivity index (χ0) is 15.3. The number of nitrogens with one attached hydrogen (secondary N) is 1. The van der Waals surface area contributed by atoms with E-state index in [4.69, 9.17) is 4.74 Å². The lowest BCUT2D eigenvalue weighted by atomic mass is 10.0. The standard InChI is InChI=1S/C17H31NO2S/c1-3-5-7-15(4-2)13-20-14-16(19)12-18-10-9-17-8-6-11-21-17/h6,8,11,15-16,18-19H,3-5,7,9-10,12-14H2,1-2H3. The number of hydrogen-bond acceptors (Lipinski definition) is 4. The Labute approximate surface area is 133 Å². The molecule has 2 N–H and O–H groups in total. The molecule has 0 radical (unpaired) electrons. The molecule has 0 aliphatic heterocycles. The minimum atomic E-state index is -0.406. The van der Waals surface area contributed by atoms with Crippen LogP contribution in [-0.2, 0) is 11.2 Å². The van der Waals surface area contributed by atoms with E-state index in [0.29, 0.717) is 19.1 Å². The molecule has 0 aromatic carbocycles. The van der Waals surface area contributed by atoms with Crippen LogP contribution in [0.5, 0.6) is 0 Å². The highest BCUT2D eigenvalue weighted by Gasteiger charge is 2.08. The molecule has 2 atom stereocenters. The molecule has 2 unspecified atom stereocenters. The van der Waals surface area contributed by atoms with E-state index in [0.717, 1.165) is 26.0 Å². The van der Waals surface area contributed by atoms with Crippen molar-refractivity contribution in [3.05, 3.63) is 22.4 Å². The van der Waals surface area contributed by atoms with E-state index in [1.54, 1.807) is 11.3 Å². The molecular formula is C17H31NO2S. The Morgan fingerprint density at radius 1 is 1.33 bits per heavy atom. The van der Waals surface area contributed by atoms with Crippen LogP contribution in [-0.4, -0.2) is 37.5 Å². The van der Waals surface area contributed by atoms with E-state index in [1.807, 2.05) is 0 Å². The van der Waals surface area contributed by atoms with Crippen molar-refractivity contribution in [2.75, 3.05) is 26.3 Å². The molecule has 0 aliphatic carbocycles. The van der Waals surface area contributed by atoms with Crippen LogP contribution in [0.3, 0.4) is 0 Å². The van der Waals surface area contributed by atoms with Gasteiger partial charge < -0.3 is 15.2 Å². The van der Waals surface area contributed by atoms with Crippen LogP contribution in [0.4, 0.5) is 0 Å². The lowest BCUT2D eigenvalue weighted by Gasteiger charge is -2.17. The van der Waals surface area contributed by atoms with Crippen molar-refractivity contribution in [2.45, 2.75) is 52.1 Å². The van der Waals surface area contributed by atoms with Gasteiger partial charge in [0, 0.05) is 24.6 Å². The number of thiophene rings is 1. The van der Waals surface area contributed by atoms with Gasteiger partial charge in [-0.25, -0.2) is 0 Å². The molecule has 0 saturated carbocycles. The average Bonchev–Trinajstić information content (AvgIpc) is 3.00. The van der Waals surface area contributed by atoms with E-state index in [1.165, 1.54) is 24.1 Å². The third kappa shape index (κ3) is 9.25. The Morgan fingerprint density at radius 2 is 2.19 bits per heavy atom. The van der Waals surface area contributed by atoms with E-state index < -0.39 is 6.10 Å². The topological polar surface area (TPSA) is 41.5 Å². The second kappa shape index (κ2) is 12.2. The smallest absolute Gasteiger partial charge is 0.0897 e. The van der Waals surface area contributed by atoms with Crippen LogP contribution in [0, 0.1) is 5.92 Å². The van der Waals surface area contributed by atoms with Crippen molar-refractivity contribution in [1.82, 2.24) is 5.32 Å². The highest BCUT2D eigenvalue weighted by atomic mass is 32.1. The first-order valence-electron chi connectivity index (χ1n) is 8.25. The van der Waals surface area contributed by atoms with Crippen molar-refractivity contribution in [1.29, 1.82) is 0 Å². The van der Waals surface area contributed by atoms with Crippen molar-refractivity contribution in [2.24, 2.45) is 5.92 Å². The first kappa shape index (κ1) is 18.6. The zero-order valence-electron chi connectivity index (χ0n) is 13.5. The summed E-state index contributed by atoms with van der Waals surface area (Å²) in [5, 5.41) is 15.3. The largest absolute Gasteiger partial charge is 0.389 e. The fourth-order valence-electron chi connectivity index (χ4n) is 2.26. The summed E-state index contributed by atoms with van der Waals surface area (Å²) in [4.78, 5) is 1.38. The summed E-state index contributed by atoms with van der Waals surface area (Å²) in [6.45, 7) is 7.17. The first-order chi connectivity index (χ1) is 10.3. The number of rotatable bonds is 13. The molecule has 1 rings (SSSR count). The van der Waals surface area contributed by atoms with Gasteiger partial charge in [0.05, 0.1) is 12.7 Å². The maximum Gasteiger partial charge on any atom is 0.0897 e. The average molecular weight is 314 g/mol. The Balaban J connectivity index is 1.98. The minimum absolute atomic E-state index is 0.406. The van der Waals surface area contributed by atoms with Crippen LogP contribution in [0.25, 0.3) is 0 Å². The van der Waals surface area contributed by atoms with Crippen LogP contribution in [0.2, 0.25) is 0 Å². The molecule has 0 spiro atoms. The fraction of sp³-hybridized carbons (Fsp3) is 0.765. The summed E-state index contributed by atoms with van der Waals surface area (Å²) < 4.78 is 5.66. The highest BCUT2D eigenvalue weighted by Crippen LogP contribution is 2.12. The van der Waals surface area contributed by atoms with Crippen LogP contribution >= 0.6 is 11.3 Å². The van der Waals surface area contributed by atoms with Gasteiger partial charge in [-0.3, -0.25) is 0 Å². The summed E-state index contributed by atoms with van der Waals surface area (Å²) in [5.74, 6) is 0.643. The molecule has 0 bridgehead atoms. The summed E-state index contributed by atoms with van der Waals surface area (Å²) in [7, 11) is 0. The number of ether oxygens (including phenoxy) is 1. The predicted octanol–water partition coefficient (Wildman–Crippen LogP) is 3.47. The van der Waals surface area contributed by atoms with E-state index in [-0.39, 0.29) is 0 Å². The molecule has 122 valence electrons. The molecule has 0 saturated heterocycles. The Morgan fingerprint density at radius 3 is 2.86 bits per heavy atom. The second-order valence-electron chi connectivity index (χ2n) is 5.64. The van der Waals surface area contributed by atoms with Crippen LogP contribution < -0.4 is 5.32 Å². The van der Waals surface area contributed by atoms with Crippen molar-refractivity contribution in [3.63, 3.8) is 0 Å². The van der Waals surface area contributed by atoms with Crippen LogP contribution in [0.1, 0.15) is 44.4 Å². The van der Waals surface area contributed by atoms with Gasteiger partial charge in [0.25, 0.3) is 0 Å². The van der Waals surface area contributed by atoms with Crippen molar-refractivity contribution < 1.29 is 9.84 Å². The Bertz CT molecular complexity index is 330. The predicted molar refractivity (Wildman–Crippen MR) is 91.0 cm³/mol. The Hall–Kier alpha value is -0.420. The normalized spacial score (nSPS) is 14.2. The SMILES string of the molecule is CCCCC(CC)COCC(O)CNCCc1cccs1. The van der Waals surface area contributed by atoms with Crippen molar-refractivity contribution >= 4 is 11.3 Å². The monoisotopic (exact) mass is 313 g/mol. The molecule has 21 heavy (non-hydrogen) atoms. The number of unbranched alkanes of at least 4 members (excludes halogenated alkanes) is 1. The van der Waals surface area contributed by atoms with E-state index in [2.05, 4.69) is 36.7 Å². The molecule has 1 aromatic rings. The third-order valence-corrected chi connectivity index (χ3v) is 4.65. The third-order valence-electron chi connectivity index (χ3n) is 3.72. The Kier molecular flexibility index (Phi) is 10.8. The summed E-state index contributed by atoms with van der Waals surface area (Å²) in [6, 6.07) is 4.22. The lowest BCUT2D eigenvalue weighted by Crippen LogP contribution is -2.32. The zero-order valence-corrected chi connectivity index (χ0v) is 14.3. The number of aliphatic hydroxyl groups excluding tert-OH is 1. The molecule has 0 aliphatic rings. The lowest BCUT2D eigenvalue weighted by molar-refractivity contribution is 0.0195. The van der Waals surface area contributed by atoms with Crippen molar-refractivity contribution in [3.8, 4) is 0 Å². The quantitative estimate of drug-likeness (QED) is 0.548. The molecule has 1 heterocycles. The van der Waals surface area contributed by atoms with Crippen LogP contribution in [0.15, 0.2) is 17.5 Å². The molecule has 0 fully saturated rings. The summed E-state index contributed by atoms with van der Waals surface area (Å²) >= 11 is 1.78. The number of aliphatic hydroxyl groups is 1.